The molecule has 18 heteroatoms. The number of aryl methyl sites for hydroxylation is 1. The molecule has 0 N–H and O–H groups in total. The smallest absolute Gasteiger partial charge is 0.206 e. The van der Waals surface area contributed by atoms with Gasteiger partial charge in [0, 0.05) is 0 Å². The van der Waals surface area contributed by atoms with Crippen molar-refractivity contribution in [2.24, 2.45) is 0 Å². The lowest BCUT2D eigenvalue weighted by Gasteiger charge is -2.39. The SMILES string of the molecule is C=CCOc1cc(C[N+]2(C)CCOCC2)c(Oc2ccc(S(=O)(=O)c3ccc(Oc4cc(C[N+]5(C)CCOCC5)c(Oc5ccc(S(=O)(=O)c6ccc(C)cc6)cc5)cc4C[N+]4(C)CCOCC4)cc3)cc2)cc1C[N+]1(C)CCOCC1. The van der Waals surface area contributed by atoms with Gasteiger partial charge in [0.15, 0.2) is 0 Å². The number of rotatable bonds is 21. The maximum atomic E-state index is 14.4. The molecule has 4 fully saturated rings. The van der Waals surface area contributed by atoms with E-state index >= 15 is 0 Å². The van der Waals surface area contributed by atoms with E-state index in [0.29, 0.717) is 123 Å². The van der Waals surface area contributed by atoms with Gasteiger partial charge in [0.1, 0.15) is 125 Å². The molecule has 0 radical (unpaired) electrons. The monoisotopic (exact) mass is 1160 g/mol. The first-order valence-electron chi connectivity index (χ1n) is 28.4. The Hall–Kier alpha value is -6.16. The summed E-state index contributed by atoms with van der Waals surface area (Å²) in [6.07, 6.45) is 1.76. The molecular formula is C64H80N4O12S2+4. The Morgan fingerprint density at radius 2 is 0.646 bits per heavy atom. The number of benzene rings is 6. The molecule has 0 spiro atoms. The second-order valence-electron chi connectivity index (χ2n) is 23.6. The third-order valence-electron chi connectivity index (χ3n) is 16.7. The third-order valence-corrected chi connectivity index (χ3v) is 20.2. The molecule has 82 heavy (non-hydrogen) atoms. The van der Waals surface area contributed by atoms with E-state index < -0.39 is 19.7 Å². The van der Waals surface area contributed by atoms with E-state index in [4.69, 9.17) is 37.9 Å². The van der Waals surface area contributed by atoms with Crippen LogP contribution in [0.25, 0.3) is 0 Å². The van der Waals surface area contributed by atoms with Crippen molar-refractivity contribution in [1.82, 2.24) is 0 Å². The van der Waals surface area contributed by atoms with Crippen molar-refractivity contribution in [3.63, 3.8) is 0 Å². The normalized spacial score (nSPS) is 18.7. The first kappa shape index (κ1) is 59.0. The zero-order valence-electron chi connectivity index (χ0n) is 48.2. The second-order valence-corrected chi connectivity index (χ2v) is 27.5. The maximum Gasteiger partial charge on any atom is 0.206 e. The highest BCUT2D eigenvalue weighted by Gasteiger charge is 2.34. The minimum absolute atomic E-state index is 0.122. The summed E-state index contributed by atoms with van der Waals surface area (Å²) in [5.74, 6) is 4.25. The summed E-state index contributed by atoms with van der Waals surface area (Å²) in [6, 6.07) is 34.9. The lowest BCUT2D eigenvalue weighted by Crippen LogP contribution is -2.51. The predicted molar refractivity (Wildman–Crippen MR) is 312 cm³/mol. The Bertz CT molecular complexity index is 3410. The second kappa shape index (κ2) is 25.0. The lowest BCUT2D eigenvalue weighted by molar-refractivity contribution is -0.929. The Morgan fingerprint density at radius 1 is 0.402 bits per heavy atom. The van der Waals surface area contributed by atoms with Gasteiger partial charge in [-0.3, -0.25) is 0 Å². The zero-order valence-corrected chi connectivity index (χ0v) is 49.8. The fraction of sp³-hybridized carbons (Fsp3) is 0.406. The molecular weight excluding hydrogens is 1080 g/mol. The average Bonchev–Trinajstić information content (AvgIpc) is 3.65. The summed E-state index contributed by atoms with van der Waals surface area (Å²) < 4.78 is 109. The van der Waals surface area contributed by atoms with Crippen LogP contribution in [0.1, 0.15) is 27.8 Å². The maximum absolute atomic E-state index is 14.4. The summed E-state index contributed by atoms with van der Waals surface area (Å²) in [5.41, 5.74) is 4.79. The molecule has 0 amide bonds. The van der Waals surface area contributed by atoms with E-state index in [1.807, 2.05) is 19.1 Å². The third kappa shape index (κ3) is 14.2. The summed E-state index contributed by atoms with van der Waals surface area (Å²) in [4.78, 5) is 0.656. The number of ether oxygens (including phenoxy) is 8. The first-order valence-corrected chi connectivity index (χ1v) is 31.4. The molecule has 436 valence electrons. The van der Waals surface area contributed by atoms with E-state index in [1.165, 1.54) is 0 Å². The average molecular weight is 1160 g/mol. The van der Waals surface area contributed by atoms with Gasteiger partial charge in [-0.1, -0.05) is 30.4 Å². The van der Waals surface area contributed by atoms with Crippen molar-refractivity contribution >= 4 is 19.7 Å². The van der Waals surface area contributed by atoms with Gasteiger partial charge in [0.05, 0.1) is 123 Å². The van der Waals surface area contributed by atoms with Crippen LogP contribution in [0.4, 0.5) is 0 Å². The van der Waals surface area contributed by atoms with Crippen molar-refractivity contribution in [2.75, 3.05) is 140 Å². The van der Waals surface area contributed by atoms with Crippen LogP contribution < -0.4 is 18.9 Å². The predicted octanol–water partition coefficient (Wildman–Crippen LogP) is 9.51. The van der Waals surface area contributed by atoms with Crippen molar-refractivity contribution in [3.05, 3.63) is 162 Å². The minimum Gasteiger partial charge on any atom is -0.489 e. The topological polar surface area (TPSA) is 142 Å². The van der Waals surface area contributed by atoms with Gasteiger partial charge in [0.2, 0.25) is 19.7 Å². The number of quaternary nitrogens is 4. The molecule has 4 aliphatic rings. The van der Waals surface area contributed by atoms with Crippen LogP contribution in [0.5, 0.6) is 40.2 Å². The van der Waals surface area contributed by atoms with Gasteiger partial charge in [0.25, 0.3) is 0 Å². The molecule has 4 aliphatic heterocycles. The Balaban J connectivity index is 0.918. The van der Waals surface area contributed by atoms with Crippen molar-refractivity contribution in [2.45, 2.75) is 52.7 Å². The standard InChI is InChI=1S/C64H80N4O12S2/c1-7-32-77-61-41-51(46-66(4)26-35-74-36-27-66)62(42-50(61)45-65(3)24-33-73-34-25-65)78-54-12-20-59(21-13-54)82(71,72)60-22-14-56(15-23-60)80-64-44-52(47-67(5)28-37-75-38-29-67)63(43-53(64)48-68(6)30-39-76-40-31-68)79-55-10-18-58(19-11-55)81(69,70)57-16-8-49(2)9-17-57/h7-23,41-44H,1,24-40,45-48H2,2-6H3/q+4. The van der Waals surface area contributed by atoms with Gasteiger partial charge in [-0.15, -0.1) is 0 Å². The van der Waals surface area contributed by atoms with E-state index in [2.05, 4.69) is 46.9 Å². The Labute approximate surface area is 484 Å². The van der Waals surface area contributed by atoms with Crippen LogP contribution in [0.3, 0.4) is 0 Å². The highest BCUT2D eigenvalue weighted by atomic mass is 32.2. The molecule has 0 aromatic heterocycles. The van der Waals surface area contributed by atoms with Gasteiger partial charge in [-0.25, -0.2) is 16.8 Å². The van der Waals surface area contributed by atoms with E-state index in [-0.39, 0.29) is 19.6 Å². The highest BCUT2D eigenvalue weighted by Crippen LogP contribution is 2.41. The number of sulfone groups is 2. The van der Waals surface area contributed by atoms with Crippen LogP contribution in [0.2, 0.25) is 0 Å². The Kier molecular flexibility index (Phi) is 18.0. The Morgan fingerprint density at radius 3 is 0.915 bits per heavy atom. The van der Waals surface area contributed by atoms with Crippen LogP contribution in [0.15, 0.2) is 154 Å². The molecule has 0 aliphatic carbocycles. The summed E-state index contributed by atoms with van der Waals surface area (Å²) in [5, 5.41) is 0. The van der Waals surface area contributed by atoms with Gasteiger partial charge in [-0.05, 0) is 116 Å². The fourth-order valence-electron chi connectivity index (χ4n) is 11.2. The molecule has 0 unspecified atom stereocenters. The van der Waals surface area contributed by atoms with E-state index in [1.54, 1.807) is 103 Å². The van der Waals surface area contributed by atoms with Crippen LogP contribution in [-0.4, -0.2) is 175 Å². The van der Waals surface area contributed by atoms with Crippen LogP contribution in [-0.2, 0) is 64.8 Å². The van der Waals surface area contributed by atoms with Crippen molar-refractivity contribution in [3.8, 4) is 40.2 Å². The van der Waals surface area contributed by atoms with E-state index in [0.717, 1.165) is 101 Å². The molecule has 0 bridgehead atoms. The lowest BCUT2D eigenvalue weighted by atomic mass is 10.0. The number of likely N-dealkylation sites (N-methyl/N-ethyl adjacent to an activating group) is 4. The molecule has 10 rings (SSSR count). The van der Waals surface area contributed by atoms with Crippen molar-refractivity contribution in [1.29, 1.82) is 0 Å². The fourth-order valence-corrected chi connectivity index (χ4v) is 13.7. The van der Waals surface area contributed by atoms with Gasteiger partial charge >= 0.3 is 0 Å². The molecule has 0 saturated carbocycles. The molecule has 6 aromatic carbocycles. The first-order chi connectivity index (χ1) is 39.3. The zero-order chi connectivity index (χ0) is 57.6. The molecule has 4 heterocycles. The van der Waals surface area contributed by atoms with Crippen LogP contribution in [0, 0.1) is 6.92 Å². The minimum atomic E-state index is -3.96. The highest BCUT2D eigenvalue weighted by molar-refractivity contribution is 7.91. The quantitative estimate of drug-likeness (QED) is 0.0501. The molecule has 0 atom stereocenters. The number of nitrogens with zero attached hydrogens (tertiary/aromatic N) is 4. The molecule has 4 saturated heterocycles. The van der Waals surface area contributed by atoms with Gasteiger partial charge in [-0.2, -0.15) is 0 Å². The molecule has 16 nitrogen and oxygen atoms in total. The summed E-state index contributed by atoms with van der Waals surface area (Å²) >= 11 is 0. The van der Waals surface area contributed by atoms with E-state index in [9.17, 15) is 16.8 Å². The summed E-state index contributed by atoms with van der Waals surface area (Å²) in [7, 11) is 1.19. The number of hydrogen-bond donors (Lipinski definition) is 0. The molecule has 6 aromatic rings. The van der Waals surface area contributed by atoms with Gasteiger partial charge < -0.3 is 55.8 Å². The summed E-state index contributed by atoms with van der Waals surface area (Å²) in [6.45, 7) is 20.8. The number of hydrogen-bond acceptors (Lipinski definition) is 12. The van der Waals surface area contributed by atoms with Crippen LogP contribution >= 0.6 is 0 Å². The van der Waals surface area contributed by atoms with Crippen molar-refractivity contribution < 1.29 is 72.7 Å². The largest absolute Gasteiger partial charge is 0.489 e. The number of morpholine rings is 4.